The minimum absolute atomic E-state index is 0.434. The summed E-state index contributed by atoms with van der Waals surface area (Å²) in [5.41, 5.74) is 1.21. The molecule has 2 aromatic heterocycles. The van der Waals surface area contributed by atoms with E-state index in [9.17, 15) is 0 Å². The van der Waals surface area contributed by atoms with Gasteiger partial charge in [0.25, 0.3) is 0 Å². The summed E-state index contributed by atoms with van der Waals surface area (Å²) in [4.78, 5) is 0. The SMILES string of the molecule is Cn1nccc1CCNCc1ccc(Cl)o1. The van der Waals surface area contributed by atoms with Crippen LogP contribution in [0.5, 0.6) is 0 Å². The van der Waals surface area contributed by atoms with Crippen molar-refractivity contribution in [3.63, 3.8) is 0 Å². The molecular weight excluding hydrogens is 226 g/mol. The van der Waals surface area contributed by atoms with Gasteiger partial charge in [-0.05, 0) is 29.8 Å². The molecule has 16 heavy (non-hydrogen) atoms. The Labute approximate surface area is 99.2 Å². The molecule has 2 rings (SSSR count). The molecule has 0 aromatic carbocycles. The largest absolute Gasteiger partial charge is 0.448 e. The van der Waals surface area contributed by atoms with Crippen molar-refractivity contribution < 1.29 is 4.42 Å². The van der Waals surface area contributed by atoms with Crippen LogP contribution in [0.2, 0.25) is 5.22 Å². The van der Waals surface area contributed by atoms with Crippen molar-refractivity contribution >= 4 is 11.6 Å². The number of nitrogens with one attached hydrogen (secondary N) is 1. The van der Waals surface area contributed by atoms with Crippen molar-refractivity contribution in [3.8, 4) is 0 Å². The highest BCUT2D eigenvalue weighted by molar-refractivity contribution is 6.28. The number of hydrogen-bond acceptors (Lipinski definition) is 3. The molecule has 0 saturated heterocycles. The predicted octanol–water partition coefficient (Wildman–Crippen LogP) is 2.00. The summed E-state index contributed by atoms with van der Waals surface area (Å²) in [6.07, 6.45) is 2.76. The first kappa shape index (κ1) is 11.2. The lowest BCUT2D eigenvalue weighted by Gasteiger charge is -2.03. The normalized spacial score (nSPS) is 10.9. The van der Waals surface area contributed by atoms with Gasteiger partial charge in [0.05, 0.1) is 6.54 Å². The fourth-order valence-electron chi connectivity index (χ4n) is 1.52. The van der Waals surface area contributed by atoms with E-state index in [1.54, 1.807) is 6.07 Å². The first-order valence-electron chi connectivity index (χ1n) is 5.17. The molecule has 2 heterocycles. The van der Waals surface area contributed by atoms with Gasteiger partial charge in [0.1, 0.15) is 5.76 Å². The third-order valence-corrected chi connectivity index (χ3v) is 2.61. The predicted molar refractivity (Wildman–Crippen MR) is 62.3 cm³/mol. The van der Waals surface area contributed by atoms with E-state index in [0.29, 0.717) is 11.8 Å². The number of nitrogens with zero attached hydrogens (tertiary/aromatic N) is 2. The molecule has 86 valence electrons. The Hall–Kier alpha value is -1.26. The summed E-state index contributed by atoms with van der Waals surface area (Å²) in [5, 5.41) is 7.83. The van der Waals surface area contributed by atoms with Gasteiger partial charge < -0.3 is 9.73 Å². The third kappa shape index (κ3) is 2.87. The monoisotopic (exact) mass is 239 g/mol. The van der Waals surface area contributed by atoms with E-state index in [4.69, 9.17) is 16.0 Å². The van der Waals surface area contributed by atoms with Gasteiger partial charge in [-0.25, -0.2) is 0 Å². The summed E-state index contributed by atoms with van der Waals surface area (Å²) >= 11 is 5.67. The van der Waals surface area contributed by atoms with Crippen LogP contribution in [-0.4, -0.2) is 16.3 Å². The summed E-state index contributed by atoms with van der Waals surface area (Å²) in [6, 6.07) is 5.64. The molecule has 0 aliphatic carbocycles. The lowest BCUT2D eigenvalue weighted by atomic mass is 10.3. The second kappa shape index (κ2) is 5.18. The Kier molecular flexibility index (Phi) is 3.64. The van der Waals surface area contributed by atoms with Gasteiger partial charge in [0, 0.05) is 31.9 Å². The van der Waals surface area contributed by atoms with Gasteiger partial charge in [-0.2, -0.15) is 5.10 Å². The molecule has 0 atom stereocenters. The average molecular weight is 240 g/mol. The first-order valence-corrected chi connectivity index (χ1v) is 5.55. The van der Waals surface area contributed by atoms with E-state index >= 15 is 0 Å². The van der Waals surface area contributed by atoms with E-state index in [1.807, 2.05) is 30.1 Å². The molecule has 0 unspecified atom stereocenters. The number of aromatic nitrogens is 2. The Morgan fingerprint density at radius 2 is 2.31 bits per heavy atom. The Bertz CT molecular complexity index is 450. The molecule has 1 N–H and O–H groups in total. The molecule has 0 radical (unpaired) electrons. The fraction of sp³-hybridized carbons (Fsp3) is 0.364. The maximum Gasteiger partial charge on any atom is 0.193 e. The van der Waals surface area contributed by atoms with E-state index in [0.717, 1.165) is 18.7 Å². The van der Waals surface area contributed by atoms with Crippen LogP contribution in [0, 0.1) is 0 Å². The van der Waals surface area contributed by atoms with E-state index in [-0.39, 0.29) is 0 Å². The number of aryl methyl sites for hydroxylation is 1. The lowest BCUT2D eigenvalue weighted by Crippen LogP contribution is -2.17. The van der Waals surface area contributed by atoms with Crippen LogP contribution in [-0.2, 0) is 20.0 Å². The number of rotatable bonds is 5. The molecule has 0 bridgehead atoms. The molecule has 0 spiro atoms. The smallest absolute Gasteiger partial charge is 0.193 e. The van der Waals surface area contributed by atoms with Crippen molar-refractivity contribution in [3.05, 3.63) is 41.1 Å². The average Bonchev–Trinajstić information content (AvgIpc) is 2.83. The summed E-state index contributed by atoms with van der Waals surface area (Å²) in [6.45, 7) is 1.59. The fourth-order valence-corrected chi connectivity index (χ4v) is 1.68. The van der Waals surface area contributed by atoms with Gasteiger partial charge in [-0.3, -0.25) is 4.68 Å². The van der Waals surface area contributed by atoms with Gasteiger partial charge in [0.2, 0.25) is 0 Å². The third-order valence-electron chi connectivity index (χ3n) is 2.41. The Morgan fingerprint density at radius 1 is 1.44 bits per heavy atom. The van der Waals surface area contributed by atoms with E-state index in [2.05, 4.69) is 10.4 Å². The molecule has 0 aliphatic heterocycles. The molecule has 2 aromatic rings. The van der Waals surface area contributed by atoms with Crippen molar-refractivity contribution in [2.45, 2.75) is 13.0 Å². The molecule has 0 aliphatic rings. The van der Waals surface area contributed by atoms with E-state index < -0.39 is 0 Å². The van der Waals surface area contributed by atoms with Crippen LogP contribution < -0.4 is 5.32 Å². The van der Waals surface area contributed by atoms with Crippen molar-refractivity contribution in [2.75, 3.05) is 6.54 Å². The Balaban J connectivity index is 1.71. The van der Waals surface area contributed by atoms with Gasteiger partial charge in [0.15, 0.2) is 5.22 Å². The van der Waals surface area contributed by atoms with Crippen molar-refractivity contribution in [2.24, 2.45) is 7.05 Å². The highest BCUT2D eigenvalue weighted by Gasteiger charge is 2.00. The molecule has 0 amide bonds. The second-order valence-corrected chi connectivity index (χ2v) is 3.95. The van der Waals surface area contributed by atoms with Crippen LogP contribution in [0.3, 0.4) is 0 Å². The maximum atomic E-state index is 5.67. The van der Waals surface area contributed by atoms with Crippen LogP contribution >= 0.6 is 11.6 Å². The number of furan rings is 1. The van der Waals surface area contributed by atoms with Crippen LogP contribution in [0.1, 0.15) is 11.5 Å². The number of hydrogen-bond donors (Lipinski definition) is 1. The van der Waals surface area contributed by atoms with Crippen LogP contribution in [0.15, 0.2) is 28.8 Å². The van der Waals surface area contributed by atoms with E-state index in [1.165, 1.54) is 5.69 Å². The molecule has 0 saturated carbocycles. The van der Waals surface area contributed by atoms with Crippen LogP contribution in [0.4, 0.5) is 0 Å². The molecular formula is C11H14ClN3O. The summed E-state index contributed by atoms with van der Waals surface area (Å²) < 4.78 is 7.11. The minimum atomic E-state index is 0.434. The topological polar surface area (TPSA) is 43.0 Å². The summed E-state index contributed by atoms with van der Waals surface area (Å²) in [7, 11) is 1.95. The van der Waals surface area contributed by atoms with Gasteiger partial charge in [-0.15, -0.1) is 0 Å². The molecule has 0 fully saturated rings. The quantitative estimate of drug-likeness (QED) is 0.812. The molecule has 4 nitrogen and oxygen atoms in total. The first-order chi connectivity index (χ1) is 7.75. The highest BCUT2D eigenvalue weighted by Crippen LogP contribution is 2.12. The standard InChI is InChI=1S/C11H14ClN3O/c1-15-9(5-7-14-15)4-6-13-8-10-2-3-11(12)16-10/h2-3,5,7,13H,4,6,8H2,1H3. The zero-order valence-corrected chi connectivity index (χ0v) is 9.87. The Morgan fingerprint density at radius 3 is 2.94 bits per heavy atom. The second-order valence-electron chi connectivity index (χ2n) is 3.58. The van der Waals surface area contributed by atoms with Crippen molar-refractivity contribution in [1.82, 2.24) is 15.1 Å². The minimum Gasteiger partial charge on any atom is -0.448 e. The zero-order valence-electron chi connectivity index (χ0n) is 9.11. The zero-order chi connectivity index (χ0) is 11.4. The van der Waals surface area contributed by atoms with Crippen LogP contribution in [0.25, 0.3) is 0 Å². The molecule has 5 heteroatoms. The lowest BCUT2D eigenvalue weighted by molar-refractivity contribution is 0.484. The van der Waals surface area contributed by atoms with Gasteiger partial charge >= 0.3 is 0 Å². The highest BCUT2D eigenvalue weighted by atomic mass is 35.5. The maximum absolute atomic E-state index is 5.67. The van der Waals surface area contributed by atoms with Crippen molar-refractivity contribution in [1.29, 1.82) is 0 Å². The number of halogens is 1. The van der Waals surface area contributed by atoms with Gasteiger partial charge in [-0.1, -0.05) is 0 Å². The summed E-state index contributed by atoms with van der Waals surface area (Å²) in [5.74, 6) is 0.856.